The first kappa shape index (κ1) is 24.3. The lowest BCUT2D eigenvalue weighted by molar-refractivity contribution is -0.120. The third-order valence-corrected chi connectivity index (χ3v) is 4.83. The van der Waals surface area contributed by atoms with Crippen molar-refractivity contribution < 1.29 is 23.0 Å². The molecule has 1 amide bonds. The lowest BCUT2D eigenvalue weighted by atomic mass is 10.1. The van der Waals surface area contributed by atoms with Gasteiger partial charge in [-0.1, -0.05) is 18.2 Å². The van der Waals surface area contributed by atoms with E-state index in [0.29, 0.717) is 12.3 Å². The zero-order valence-corrected chi connectivity index (χ0v) is 18.3. The molecule has 1 N–H and O–H groups in total. The summed E-state index contributed by atoms with van der Waals surface area (Å²) in [6, 6.07) is 9.27. The fraction of sp³-hybridized carbons (Fsp3) is 0.375. The molecule has 31 heavy (non-hydrogen) atoms. The Morgan fingerprint density at radius 3 is 2.55 bits per heavy atom. The lowest BCUT2D eigenvalue weighted by Gasteiger charge is -2.17. The average molecular weight is 433 g/mol. The molecule has 0 unspecified atom stereocenters. The van der Waals surface area contributed by atoms with Crippen molar-refractivity contribution in [3.63, 3.8) is 0 Å². The molecular weight excluding hydrogens is 402 g/mol. The number of carbonyl (C=O) groups is 1. The lowest BCUT2D eigenvalue weighted by Crippen LogP contribution is -2.28. The molecule has 0 saturated carbocycles. The Balaban J connectivity index is 1.63. The van der Waals surface area contributed by atoms with Crippen molar-refractivity contribution in [1.82, 2.24) is 10.2 Å². The Kier molecular flexibility index (Phi) is 9.97. The van der Waals surface area contributed by atoms with Crippen LogP contribution in [0, 0.1) is 11.6 Å². The minimum absolute atomic E-state index is 0.133. The second-order valence-electron chi connectivity index (χ2n) is 7.22. The summed E-state index contributed by atoms with van der Waals surface area (Å²) in [5, 5.41) is 2.85. The summed E-state index contributed by atoms with van der Waals surface area (Å²) in [5.41, 5.74) is 1.42. The van der Waals surface area contributed by atoms with Crippen LogP contribution >= 0.6 is 0 Å². The van der Waals surface area contributed by atoms with Gasteiger partial charge in [-0.2, -0.15) is 0 Å². The van der Waals surface area contributed by atoms with Crippen LogP contribution < -0.4 is 14.8 Å². The van der Waals surface area contributed by atoms with Crippen LogP contribution in [-0.4, -0.2) is 51.7 Å². The van der Waals surface area contributed by atoms with Crippen LogP contribution in [0.2, 0.25) is 0 Å². The quantitative estimate of drug-likeness (QED) is 0.514. The van der Waals surface area contributed by atoms with Crippen LogP contribution in [0.5, 0.6) is 11.5 Å². The monoisotopic (exact) mass is 432 g/mol. The predicted molar refractivity (Wildman–Crippen MR) is 118 cm³/mol. The normalized spacial score (nSPS) is 11.2. The van der Waals surface area contributed by atoms with Gasteiger partial charge in [0.05, 0.1) is 14.2 Å². The average Bonchev–Trinajstić information content (AvgIpc) is 2.76. The van der Waals surface area contributed by atoms with Gasteiger partial charge < -0.3 is 19.7 Å². The van der Waals surface area contributed by atoms with Gasteiger partial charge >= 0.3 is 0 Å². The molecule has 0 aliphatic rings. The molecule has 0 radical (unpaired) electrons. The second kappa shape index (κ2) is 12.7. The van der Waals surface area contributed by atoms with Crippen molar-refractivity contribution in [2.45, 2.75) is 19.3 Å². The summed E-state index contributed by atoms with van der Waals surface area (Å²) in [4.78, 5) is 14.1. The van der Waals surface area contributed by atoms with Gasteiger partial charge in [0.1, 0.15) is 11.6 Å². The van der Waals surface area contributed by atoms with E-state index in [1.165, 1.54) is 23.8 Å². The Labute approximate surface area is 182 Å². The number of benzene rings is 2. The van der Waals surface area contributed by atoms with Gasteiger partial charge in [0.15, 0.2) is 11.5 Å². The van der Waals surface area contributed by atoms with Crippen molar-refractivity contribution >= 4 is 12.0 Å². The highest BCUT2D eigenvalue weighted by Gasteiger charge is 2.06. The van der Waals surface area contributed by atoms with Crippen molar-refractivity contribution in [2.75, 3.05) is 40.9 Å². The molecular formula is C24H30F2N2O3. The Morgan fingerprint density at radius 2 is 1.84 bits per heavy atom. The number of hydrogen-bond acceptors (Lipinski definition) is 4. The van der Waals surface area contributed by atoms with E-state index in [1.807, 2.05) is 25.2 Å². The number of ether oxygens (including phenoxy) is 2. The number of methoxy groups -OCH3 is 2. The van der Waals surface area contributed by atoms with Gasteiger partial charge in [-0.25, -0.2) is 8.78 Å². The maximum absolute atomic E-state index is 13.5. The molecule has 0 aliphatic heterocycles. The summed E-state index contributed by atoms with van der Waals surface area (Å²) >= 11 is 0. The smallest absolute Gasteiger partial charge is 0.223 e. The molecule has 0 saturated heterocycles. The zero-order chi connectivity index (χ0) is 22.6. The Morgan fingerprint density at radius 1 is 1.06 bits per heavy atom. The number of hydrogen-bond donors (Lipinski definition) is 1. The van der Waals surface area contributed by atoms with Gasteiger partial charge in [-0.15, -0.1) is 0 Å². The summed E-state index contributed by atoms with van der Waals surface area (Å²) in [6.45, 7) is 2.30. The molecule has 0 fully saturated rings. The molecule has 0 aliphatic carbocycles. The minimum atomic E-state index is -0.646. The first-order chi connectivity index (χ1) is 14.9. The van der Waals surface area contributed by atoms with E-state index in [-0.39, 0.29) is 17.9 Å². The van der Waals surface area contributed by atoms with Crippen LogP contribution in [0.1, 0.15) is 24.0 Å². The topological polar surface area (TPSA) is 50.8 Å². The number of nitrogens with zero attached hydrogens (tertiary/aromatic N) is 1. The van der Waals surface area contributed by atoms with Crippen molar-refractivity contribution in [3.8, 4) is 11.5 Å². The van der Waals surface area contributed by atoms with Gasteiger partial charge in [-0.3, -0.25) is 4.79 Å². The highest BCUT2D eigenvalue weighted by Crippen LogP contribution is 2.27. The van der Waals surface area contributed by atoms with Crippen LogP contribution in [0.4, 0.5) is 8.78 Å². The number of carbonyl (C=O) groups excluding carboxylic acids is 1. The predicted octanol–water partition coefficient (Wildman–Crippen LogP) is 4.07. The van der Waals surface area contributed by atoms with Gasteiger partial charge in [0.2, 0.25) is 5.91 Å². The third-order valence-electron chi connectivity index (χ3n) is 4.83. The first-order valence-corrected chi connectivity index (χ1v) is 10.2. The van der Waals surface area contributed by atoms with Crippen LogP contribution in [0.3, 0.4) is 0 Å². The zero-order valence-electron chi connectivity index (χ0n) is 18.3. The van der Waals surface area contributed by atoms with Gasteiger partial charge in [0.25, 0.3) is 0 Å². The molecule has 7 heteroatoms. The second-order valence-corrected chi connectivity index (χ2v) is 7.22. The molecule has 5 nitrogen and oxygen atoms in total. The van der Waals surface area contributed by atoms with Gasteiger partial charge in [-0.05, 0) is 56.3 Å². The van der Waals surface area contributed by atoms with E-state index in [4.69, 9.17) is 9.47 Å². The molecule has 2 rings (SSSR count). The van der Waals surface area contributed by atoms with E-state index in [0.717, 1.165) is 37.7 Å². The molecule has 0 bridgehead atoms. The molecule has 0 atom stereocenters. The molecule has 2 aromatic rings. The summed E-state index contributed by atoms with van der Waals surface area (Å²) < 4.78 is 37.0. The third kappa shape index (κ3) is 8.38. The van der Waals surface area contributed by atoms with Crippen LogP contribution in [-0.2, 0) is 11.2 Å². The maximum atomic E-state index is 13.5. The van der Waals surface area contributed by atoms with Crippen molar-refractivity contribution in [3.05, 3.63) is 65.2 Å². The molecule has 2 aromatic carbocycles. The maximum Gasteiger partial charge on any atom is 0.223 e. The molecule has 168 valence electrons. The number of likely N-dealkylation sites (N-methyl/N-ethyl adjacent to an activating group) is 1. The fourth-order valence-electron chi connectivity index (χ4n) is 3.05. The summed E-state index contributed by atoms with van der Waals surface area (Å²) in [7, 11) is 5.28. The SMILES string of the molecule is COc1ccc(CCN(C)CCCNC(=O)CC=Cc2ccc(F)cc2F)cc1OC. The van der Waals surface area contributed by atoms with Crippen molar-refractivity contribution in [1.29, 1.82) is 0 Å². The van der Waals surface area contributed by atoms with E-state index in [9.17, 15) is 13.6 Å². The molecule has 0 aromatic heterocycles. The Bertz CT molecular complexity index is 887. The summed E-state index contributed by atoms with van der Waals surface area (Å²) in [6.07, 6.45) is 4.90. The highest BCUT2D eigenvalue weighted by molar-refractivity contribution is 5.78. The van der Waals surface area contributed by atoms with Crippen LogP contribution in [0.25, 0.3) is 6.08 Å². The van der Waals surface area contributed by atoms with E-state index >= 15 is 0 Å². The van der Waals surface area contributed by atoms with Crippen molar-refractivity contribution in [2.24, 2.45) is 0 Å². The Hall–Kier alpha value is -2.93. The minimum Gasteiger partial charge on any atom is -0.493 e. The van der Waals surface area contributed by atoms with E-state index in [2.05, 4.69) is 10.2 Å². The number of halogens is 2. The molecule has 0 heterocycles. The largest absolute Gasteiger partial charge is 0.493 e. The van der Waals surface area contributed by atoms with Gasteiger partial charge in [0, 0.05) is 31.1 Å². The number of amides is 1. The summed E-state index contributed by atoms with van der Waals surface area (Å²) in [5.74, 6) is 0.0372. The van der Waals surface area contributed by atoms with Crippen LogP contribution in [0.15, 0.2) is 42.5 Å². The first-order valence-electron chi connectivity index (χ1n) is 10.2. The number of nitrogens with one attached hydrogen (secondary N) is 1. The highest BCUT2D eigenvalue weighted by atomic mass is 19.1. The number of rotatable bonds is 12. The van der Waals surface area contributed by atoms with E-state index < -0.39 is 11.6 Å². The fourth-order valence-corrected chi connectivity index (χ4v) is 3.05. The standard InChI is InChI=1S/C24H30F2N2O3/c1-28(15-12-18-8-11-22(30-2)23(16-18)31-3)14-5-13-27-24(29)7-4-6-19-9-10-20(25)17-21(19)26/h4,6,8-11,16-17H,5,7,12-15H2,1-3H3,(H,27,29). The van der Waals surface area contributed by atoms with E-state index in [1.54, 1.807) is 20.3 Å². The molecule has 0 spiro atoms.